The Hall–Kier alpha value is -3.09. The third-order valence-electron chi connectivity index (χ3n) is 6.29. The van der Waals surface area contributed by atoms with Crippen LogP contribution >= 0.6 is 0 Å². The maximum atomic E-state index is 12.8. The quantitative estimate of drug-likeness (QED) is 0.527. The van der Waals surface area contributed by atoms with Gasteiger partial charge in [0, 0.05) is 26.2 Å². The molecule has 3 aromatic rings. The average Bonchev–Trinajstić information content (AvgIpc) is 3.20. The summed E-state index contributed by atoms with van der Waals surface area (Å²) >= 11 is 0. The van der Waals surface area contributed by atoms with E-state index in [2.05, 4.69) is 20.1 Å². The smallest absolute Gasteiger partial charge is 0.371 e. The lowest BCUT2D eigenvalue weighted by atomic mass is 9.89. The molecule has 0 atom stereocenters. The summed E-state index contributed by atoms with van der Waals surface area (Å²) in [6, 6.07) is 2.44. The van der Waals surface area contributed by atoms with Gasteiger partial charge in [0.05, 0.1) is 36.5 Å². The van der Waals surface area contributed by atoms with E-state index < -0.39 is 30.4 Å². The van der Waals surface area contributed by atoms with Crippen molar-refractivity contribution in [2.24, 2.45) is 0 Å². The first-order chi connectivity index (χ1) is 16.2. The molecule has 13 heteroatoms. The highest BCUT2D eigenvalue weighted by Crippen LogP contribution is 2.34. The van der Waals surface area contributed by atoms with E-state index in [1.54, 1.807) is 6.20 Å². The second-order valence-corrected chi connectivity index (χ2v) is 8.49. The fraction of sp³-hybridized carbons (Fsp3) is 0.524. The van der Waals surface area contributed by atoms with Gasteiger partial charge in [0.25, 0.3) is 6.43 Å². The number of halogens is 5. The molecule has 0 radical (unpaired) electrons. The summed E-state index contributed by atoms with van der Waals surface area (Å²) in [4.78, 5) is 16.4. The molecule has 2 saturated heterocycles. The number of nitrogens with zero attached hydrogens (tertiary/aromatic N) is 7. The van der Waals surface area contributed by atoms with Crippen molar-refractivity contribution in [2.75, 3.05) is 42.6 Å². The summed E-state index contributed by atoms with van der Waals surface area (Å²) in [6.45, 7) is 2.24. The van der Waals surface area contributed by atoms with Crippen LogP contribution in [-0.4, -0.2) is 69.5 Å². The van der Waals surface area contributed by atoms with Gasteiger partial charge in [-0.25, -0.2) is 28.4 Å². The number of piperidine rings is 1. The number of rotatable bonds is 4. The van der Waals surface area contributed by atoms with Crippen LogP contribution in [0.5, 0.6) is 0 Å². The number of anilines is 2. The monoisotopic (exact) mass is 483 g/mol. The number of ether oxygens (including phenoxy) is 1. The van der Waals surface area contributed by atoms with Crippen molar-refractivity contribution in [3.63, 3.8) is 0 Å². The van der Waals surface area contributed by atoms with Crippen molar-refractivity contribution < 1.29 is 26.7 Å². The molecule has 2 fully saturated rings. The van der Waals surface area contributed by atoms with E-state index >= 15 is 0 Å². The second-order valence-electron chi connectivity index (χ2n) is 8.49. The van der Waals surface area contributed by atoms with Crippen LogP contribution in [-0.2, 0) is 17.5 Å². The van der Waals surface area contributed by atoms with E-state index in [-0.39, 0.29) is 0 Å². The average molecular weight is 483 g/mol. The normalized spacial score (nSPS) is 18.9. The molecule has 0 aliphatic carbocycles. The predicted molar refractivity (Wildman–Crippen MR) is 113 cm³/mol. The van der Waals surface area contributed by atoms with Gasteiger partial charge in [0.1, 0.15) is 23.6 Å². The van der Waals surface area contributed by atoms with Crippen LogP contribution < -0.4 is 9.80 Å². The first-order valence-electron chi connectivity index (χ1n) is 10.9. The van der Waals surface area contributed by atoms with Gasteiger partial charge in [-0.15, -0.1) is 0 Å². The summed E-state index contributed by atoms with van der Waals surface area (Å²) in [6.07, 6.45) is -1.39. The number of pyridine rings is 1. The van der Waals surface area contributed by atoms with E-state index in [9.17, 15) is 22.0 Å². The molecule has 0 N–H and O–H groups in total. The van der Waals surface area contributed by atoms with E-state index in [0.29, 0.717) is 68.3 Å². The van der Waals surface area contributed by atoms with Gasteiger partial charge < -0.3 is 14.5 Å². The molecule has 0 bridgehead atoms. The van der Waals surface area contributed by atoms with E-state index in [1.165, 1.54) is 18.5 Å². The summed E-state index contributed by atoms with van der Waals surface area (Å²) < 4.78 is 71.4. The molecule has 1 spiro atoms. The van der Waals surface area contributed by atoms with E-state index in [4.69, 9.17) is 4.74 Å². The largest absolute Gasteiger partial charge is 0.433 e. The van der Waals surface area contributed by atoms with Crippen molar-refractivity contribution in [1.82, 2.24) is 24.7 Å². The van der Waals surface area contributed by atoms with Crippen LogP contribution in [0.4, 0.5) is 33.5 Å². The topological polar surface area (TPSA) is 72.2 Å². The Labute approximate surface area is 191 Å². The minimum absolute atomic E-state index is 0.313. The molecule has 0 aromatic carbocycles. The summed E-state index contributed by atoms with van der Waals surface area (Å²) in [5.41, 5.74) is 0.0383. The van der Waals surface area contributed by atoms with Gasteiger partial charge in [-0.2, -0.15) is 18.3 Å². The lowest BCUT2D eigenvalue weighted by molar-refractivity contribution is -0.141. The Morgan fingerprint density at radius 2 is 1.79 bits per heavy atom. The molecular formula is C21H22F5N7O. The van der Waals surface area contributed by atoms with Crippen LogP contribution in [0, 0.1) is 0 Å². The molecule has 3 aromatic heterocycles. The third-order valence-corrected chi connectivity index (χ3v) is 6.29. The first kappa shape index (κ1) is 22.7. The molecule has 0 unspecified atom stereocenters. The van der Waals surface area contributed by atoms with Crippen molar-refractivity contribution in [3.05, 3.63) is 36.4 Å². The maximum absolute atomic E-state index is 12.8. The van der Waals surface area contributed by atoms with Crippen LogP contribution in [0.15, 0.2) is 30.7 Å². The Morgan fingerprint density at radius 1 is 1.00 bits per heavy atom. The predicted octanol–water partition coefficient (Wildman–Crippen LogP) is 3.38. The van der Waals surface area contributed by atoms with Crippen molar-refractivity contribution in [1.29, 1.82) is 0 Å². The SMILES string of the molecule is FC(F)Cn1ncc2ncc(N3CCC4(CC3)CN(c3ccc(C(F)(F)F)nc3)CCO4)nc21. The minimum atomic E-state index is -4.47. The molecule has 8 nitrogen and oxygen atoms in total. The van der Waals surface area contributed by atoms with Gasteiger partial charge in [0.2, 0.25) is 0 Å². The highest BCUT2D eigenvalue weighted by molar-refractivity contribution is 5.71. The Bertz CT molecular complexity index is 1140. The molecule has 0 saturated carbocycles. The number of alkyl halides is 5. The minimum Gasteiger partial charge on any atom is -0.371 e. The number of fused-ring (bicyclic) bond motifs is 1. The van der Waals surface area contributed by atoms with Gasteiger partial charge in [-0.3, -0.25) is 0 Å². The molecule has 2 aliphatic heterocycles. The lowest BCUT2D eigenvalue weighted by Gasteiger charge is -2.48. The summed E-state index contributed by atoms with van der Waals surface area (Å²) in [5.74, 6) is 0.581. The lowest BCUT2D eigenvalue weighted by Crippen LogP contribution is -2.57. The molecule has 5 heterocycles. The number of hydrogen-bond acceptors (Lipinski definition) is 7. The molecule has 182 valence electrons. The Kier molecular flexibility index (Phi) is 5.74. The van der Waals surface area contributed by atoms with Gasteiger partial charge in [0.15, 0.2) is 5.65 Å². The standard InChI is InChI=1S/C21H22F5N7O/c22-17(23)12-33-19-15(10-29-33)27-11-18(30-19)31-5-3-20(4-6-31)13-32(7-8-34-20)14-1-2-16(28-9-14)21(24,25)26/h1-2,9-11,17H,3-8,12-13H2. The van der Waals surface area contributed by atoms with Crippen molar-refractivity contribution in [2.45, 2.75) is 37.6 Å². The van der Waals surface area contributed by atoms with Crippen LogP contribution in [0.2, 0.25) is 0 Å². The fourth-order valence-electron chi connectivity index (χ4n) is 4.51. The highest BCUT2D eigenvalue weighted by atomic mass is 19.4. The maximum Gasteiger partial charge on any atom is 0.433 e. The van der Waals surface area contributed by atoms with Crippen LogP contribution in [0.1, 0.15) is 18.5 Å². The van der Waals surface area contributed by atoms with Gasteiger partial charge in [-0.1, -0.05) is 0 Å². The van der Waals surface area contributed by atoms with Crippen molar-refractivity contribution in [3.8, 4) is 0 Å². The highest BCUT2D eigenvalue weighted by Gasteiger charge is 2.40. The Morgan fingerprint density at radius 3 is 2.47 bits per heavy atom. The molecule has 5 rings (SSSR count). The Balaban J connectivity index is 1.27. The van der Waals surface area contributed by atoms with Gasteiger partial charge in [-0.05, 0) is 25.0 Å². The summed E-state index contributed by atoms with van der Waals surface area (Å²) in [7, 11) is 0. The third kappa shape index (κ3) is 4.48. The van der Waals surface area contributed by atoms with Crippen LogP contribution in [0.25, 0.3) is 11.2 Å². The van der Waals surface area contributed by atoms with E-state index in [0.717, 1.165) is 10.7 Å². The number of morpholine rings is 1. The first-order valence-corrected chi connectivity index (χ1v) is 10.9. The second kappa shape index (κ2) is 8.60. The van der Waals surface area contributed by atoms with Gasteiger partial charge >= 0.3 is 6.18 Å². The molecule has 0 amide bonds. The number of hydrogen-bond donors (Lipinski definition) is 0. The zero-order valence-electron chi connectivity index (χ0n) is 18.0. The fourth-order valence-corrected chi connectivity index (χ4v) is 4.51. The van der Waals surface area contributed by atoms with Crippen molar-refractivity contribution >= 4 is 22.7 Å². The van der Waals surface area contributed by atoms with Crippen LogP contribution in [0.3, 0.4) is 0 Å². The molecule has 2 aliphatic rings. The number of aromatic nitrogens is 5. The molecule has 34 heavy (non-hydrogen) atoms. The zero-order chi connectivity index (χ0) is 23.9. The zero-order valence-corrected chi connectivity index (χ0v) is 18.0. The summed E-state index contributed by atoms with van der Waals surface area (Å²) in [5, 5.41) is 3.95. The van der Waals surface area contributed by atoms with E-state index in [1.807, 2.05) is 9.80 Å². The molecular weight excluding hydrogens is 461 g/mol.